The number of aromatic nitrogens is 2. The molecule has 1 saturated carbocycles. The molecule has 4 nitrogen and oxygen atoms in total. The molecule has 1 aromatic rings. The molecule has 0 spiro atoms. The molecule has 4 heteroatoms. The third kappa shape index (κ3) is 2.48. The Labute approximate surface area is 95.9 Å². The van der Waals surface area contributed by atoms with E-state index < -0.39 is 0 Å². The van der Waals surface area contributed by atoms with E-state index in [1.54, 1.807) is 0 Å². The third-order valence-corrected chi connectivity index (χ3v) is 2.68. The molecule has 1 heterocycles. The molecule has 0 N–H and O–H groups in total. The lowest BCUT2D eigenvalue weighted by Gasteiger charge is -2.21. The highest BCUT2D eigenvalue weighted by Gasteiger charge is 2.30. The zero-order valence-electron chi connectivity index (χ0n) is 9.77. The summed E-state index contributed by atoms with van der Waals surface area (Å²) in [6.45, 7) is 4.70. The van der Waals surface area contributed by atoms with Gasteiger partial charge in [-0.25, -0.2) is 9.97 Å². The zero-order valence-corrected chi connectivity index (χ0v) is 9.77. The van der Waals surface area contributed by atoms with Crippen LogP contribution in [0.2, 0.25) is 0 Å². The van der Waals surface area contributed by atoms with Crippen LogP contribution in [0.15, 0.2) is 6.07 Å². The summed E-state index contributed by atoms with van der Waals surface area (Å²) in [5.74, 6) is 0.787. The van der Waals surface area contributed by atoms with Gasteiger partial charge in [0.15, 0.2) is 0 Å². The maximum Gasteiger partial charge on any atom is 0.226 e. The van der Waals surface area contributed by atoms with Crippen LogP contribution in [0.5, 0.6) is 0 Å². The molecule has 0 amide bonds. The molecule has 16 heavy (non-hydrogen) atoms. The molecule has 0 saturated heterocycles. The van der Waals surface area contributed by atoms with Gasteiger partial charge in [0.05, 0.1) is 12.5 Å². The number of hydrogen-bond donors (Lipinski definition) is 0. The molecule has 0 bridgehead atoms. The highest BCUT2D eigenvalue weighted by molar-refractivity contribution is 5.36. The topological polar surface area (TPSA) is 52.8 Å². The maximum atomic E-state index is 8.66. The van der Waals surface area contributed by atoms with Gasteiger partial charge in [0.2, 0.25) is 5.95 Å². The van der Waals surface area contributed by atoms with Gasteiger partial charge < -0.3 is 4.90 Å². The van der Waals surface area contributed by atoms with Crippen molar-refractivity contribution in [2.45, 2.75) is 39.2 Å². The monoisotopic (exact) mass is 216 g/mol. The summed E-state index contributed by atoms with van der Waals surface area (Å²) in [6, 6.07) is 4.70. The van der Waals surface area contributed by atoms with E-state index in [-0.39, 0.29) is 0 Å². The van der Waals surface area contributed by atoms with Crippen LogP contribution in [0, 0.1) is 25.2 Å². The molecule has 1 fully saturated rings. The lowest BCUT2D eigenvalue weighted by atomic mass is 10.3. The molecular formula is C12H16N4. The van der Waals surface area contributed by atoms with Crippen LogP contribution in [0.3, 0.4) is 0 Å². The fraction of sp³-hybridized carbons (Fsp3) is 0.583. The van der Waals surface area contributed by atoms with Crippen molar-refractivity contribution in [2.24, 2.45) is 0 Å². The predicted molar refractivity (Wildman–Crippen MR) is 62.1 cm³/mol. The first kappa shape index (κ1) is 10.9. The van der Waals surface area contributed by atoms with Crippen molar-refractivity contribution in [2.75, 3.05) is 11.4 Å². The van der Waals surface area contributed by atoms with Gasteiger partial charge in [-0.2, -0.15) is 5.26 Å². The second-order valence-electron chi connectivity index (χ2n) is 4.28. The maximum absolute atomic E-state index is 8.66. The third-order valence-electron chi connectivity index (χ3n) is 2.68. The van der Waals surface area contributed by atoms with E-state index in [2.05, 4.69) is 20.9 Å². The average Bonchev–Trinajstić information content (AvgIpc) is 3.01. The first-order valence-corrected chi connectivity index (χ1v) is 5.66. The Bertz CT molecular complexity index is 397. The molecule has 1 aromatic heterocycles. The molecule has 0 aromatic carbocycles. The lowest BCUT2D eigenvalue weighted by molar-refractivity contribution is 0.753. The van der Waals surface area contributed by atoms with E-state index in [4.69, 9.17) is 5.26 Å². The molecule has 1 aliphatic rings. The first-order valence-electron chi connectivity index (χ1n) is 5.66. The first-order chi connectivity index (χ1) is 7.70. The summed E-state index contributed by atoms with van der Waals surface area (Å²) in [7, 11) is 0. The predicted octanol–water partition coefficient (Wildman–Crippen LogP) is 1.98. The normalized spacial score (nSPS) is 14.6. The molecule has 0 unspecified atom stereocenters. The summed E-state index contributed by atoms with van der Waals surface area (Å²) in [5, 5.41) is 8.66. The minimum Gasteiger partial charge on any atom is -0.337 e. The Morgan fingerprint density at radius 1 is 1.38 bits per heavy atom. The summed E-state index contributed by atoms with van der Waals surface area (Å²) in [4.78, 5) is 11.1. The van der Waals surface area contributed by atoms with Crippen molar-refractivity contribution in [1.82, 2.24) is 9.97 Å². The van der Waals surface area contributed by atoms with Gasteiger partial charge in [0, 0.05) is 24.0 Å². The molecular weight excluding hydrogens is 200 g/mol. The molecule has 0 aliphatic heterocycles. The van der Waals surface area contributed by atoms with Crippen molar-refractivity contribution in [1.29, 1.82) is 5.26 Å². The Morgan fingerprint density at radius 2 is 2.00 bits per heavy atom. The van der Waals surface area contributed by atoms with Crippen LogP contribution in [-0.2, 0) is 0 Å². The summed E-state index contributed by atoms with van der Waals surface area (Å²) in [5.41, 5.74) is 1.98. The Kier molecular flexibility index (Phi) is 3.04. The molecule has 0 atom stereocenters. The number of nitrogens with zero attached hydrogens (tertiary/aromatic N) is 4. The van der Waals surface area contributed by atoms with E-state index in [1.807, 2.05) is 19.9 Å². The van der Waals surface area contributed by atoms with Crippen LogP contribution in [0.4, 0.5) is 5.95 Å². The minimum atomic E-state index is 0.535. The quantitative estimate of drug-likeness (QED) is 0.772. The second kappa shape index (κ2) is 4.48. The molecule has 1 aliphatic carbocycles. The van der Waals surface area contributed by atoms with Crippen molar-refractivity contribution in [3.8, 4) is 6.07 Å². The fourth-order valence-electron chi connectivity index (χ4n) is 1.84. The minimum absolute atomic E-state index is 0.535. The van der Waals surface area contributed by atoms with E-state index in [0.717, 1.165) is 23.9 Å². The Morgan fingerprint density at radius 3 is 2.50 bits per heavy atom. The zero-order chi connectivity index (χ0) is 11.5. The Hall–Kier alpha value is -1.63. The van der Waals surface area contributed by atoms with Gasteiger partial charge >= 0.3 is 0 Å². The molecule has 2 rings (SSSR count). The van der Waals surface area contributed by atoms with Crippen LogP contribution >= 0.6 is 0 Å². The van der Waals surface area contributed by atoms with Crippen LogP contribution in [0.25, 0.3) is 0 Å². The van der Waals surface area contributed by atoms with Crippen molar-refractivity contribution < 1.29 is 0 Å². The van der Waals surface area contributed by atoms with Crippen molar-refractivity contribution >= 4 is 5.95 Å². The molecule has 0 radical (unpaired) electrons. The van der Waals surface area contributed by atoms with Crippen LogP contribution in [-0.4, -0.2) is 22.6 Å². The number of aryl methyl sites for hydroxylation is 2. The SMILES string of the molecule is Cc1cc(C)nc(N(CCC#N)C2CC2)n1. The van der Waals surface area contributed by atoms with Crippen LogP contribution < -0.4 is 4.90 Å². The van der Waals surface area contributed by atoms with Gasteiger partial charge in [-0.15, -0.1) is 0 Å². The second-order valence-corrected chi connectivity index (χ2v) is 4.28. The van der Waals surface area contributed by atoms with E-state index >= 15 is 0 Å². The summed E-state index contributed by atoms with van der Waals surface area (Å²) >= 11 is 0. The molecule has 84 valence electrons. The van der Waals surface area contributed by atoms with Crippen molar-refractivity contribution in [3.63, 3.8) is 0 Å². The average molecular weight is 216 g/mol. The standard InChI is InChI=1S/C12H16N4/c1-9-8-10(2)15-12(14-9)16(7-3-6-13)11-4-5-11/h8,11H,3-5,7H2,1-2H3. The van der Waals surface area contributed by atoms with E-state index in [1.165, 1.54) is 12.8 Å². The van der Waals surface area contributed by atoms with Crippen LogP contribution in [0.1, 0.15) is 30.7 Å². The van der Waals surface area contributed by atoms with Gasteiger partial charge in [0.1, 0.15) is 0 Å². The smallest absolute Gasteiger partial charge is 0.226 e. The largest absolute Gasteiger partial charge is 0.337 e. The number of hydrogen-bond acceptors (Lipinski definition) is 4. The van der Waals surface area contributed by atoms with Gasteiger partial charge in [0.25, 0.3) is 0 Å². The Balaban J connectivity index is 2.20. The summed E-state index contributed by atoms with van der Waals surface area (Å²) < 4.78 is 0. The van der Waals surface area contributed by atoms with Gasteiger partial charge in [-0.3, -0.25) is 0 Å². The number of nitriles is 1. The van der Waals surface area contributed by atoms with Crippen molar-refractivity contribution in [3.05, 3.63) is 17.5 Å². The number of anilines is 1. The van der Waals surface area contributed by atoms with Gasteiger partial charge in [-0.1, -0.05) is 0 Å². The number of rotatable bonds is 4. The highest BCUT2D eigenvalue weighted by atomic mass is 15.3. The van der Waals surface area contributed by atoms with E-state index in [0.29, 0.717) is 12.5 Å². The highest BCUT2D eigenvalue weighted by Crippen LogP contribution is 2.29. The lowest BCUT2D eigenvalue weighted by Crippen LogP contribution is -2.28. The van der Waals surface area contributed by atoms with Gasteiger partial charge in [-0.05, 0) is 32.8 Å². The fourth-order valence-corrected chi connectivity index (χ4v) is 1.84. The van der Waals surface area contributed by atoms with E-state index in [9.17, 15) is 0 Å². The summed E-state index contributed by atoms with van der Waals surface area (Å²) in [6.07, 6.45) is 2.93.